The Bertz CT molecular complexity index is 710. The first-order valence-corrected chi connectivity index (χ1v) is 7.09. The summed E-state index contributed by atoms with van der Waals surface area (Å²) in [5, 5.41) is 9.18. The van der Waals surface area contributed by atoms with Crippen LogP contribution in [0.1, 0.15) is 36.0 Å². The van der Waals surface area contributed by atoms with Gasteiger partial charge >= 0.3 is 0 Å². The quantitative estimate of drug-likeness (QED) is 0.872. The molecule has 1 aromatic heterocycles. The topological polar surface area (TPSA) is 97.1 Å². The van der Waals surface area contributed by atoms with E-state index in [0.717, 1.165) is 11.3 Å². The number of fused-ring (bicyclic) bond motifs is 1. The fourth-order valence-corrected chi connectivity index (χ4v) is 2.51. The van der Waals surface area contributed by atoms with Crippen LogP contribution in [0.25, 0.3) is 0 Å². The van der Waals surface area contributed by atoms with Crippen LogP contribution in [-0.2, 0) is 16.1 Å². The molecule has 0 saturated heterocycles. The van der Waals surface area contributed by atoms with Gasteiger partial charge in [0.05, 0.1) is 12.5 Å². The van der Waals surface area contributed by atoms with Crippen molar-refractivity contribution in [3.8, 4) is 0 Å². The van der Waals surface area contributed by atoms with E-state index in [2.05, 4.69) is 20.8 Å². The smallest absolute Gasteiger partial charge is 0.246 e. The summed E-state index contributed by atoms with van der Waals surface area (Å²) in [6.45, 7) is 1.91. The van der Waals surface area contributed by atoms with E-state index in [9.17, 15) is 9.59 Å². The Balaban J connectivity index is 1.52. The van der Waals surface area contributed by atoms with Gasteiger partial charge in [0.2, 0.25) is 17.7 Å². The van der Waals surface area contributed by atoms with Crippen LogP contribution in [0.3, 0.4) is 0 Å². The second-order valence-electron chi connectivity index (χ2n) is 5.18. The Morgan fingerprint density at radius 2 is 2.23 bits per heavy atom. The lowest BCUT2D eigenvalue weighted by Crippen LogP contribution is -2.24. The average Bonchev–Trinajstić information content (AvgIpc) is 3.05. The number of carbonyl (C=O) groups excluding carboxylic acids is 2. The Morgan fingerprint density at radius 1 is 1.41 bits per heavy atom. The number of anilines is 1. The molecule has 2 heterocycles. The highest BCUT2D eigenvalue weighted by Gasteiger charge is 2.30. The van der Waals surface area contributed by atoms with Crippen molar-refractivity contribution in [1.82, 2.24) is 15.5 Å². The third-order valence-electron chi connectivity index (χ3n) is 3.58. The van der Waals surface area contributed by atoms with Crippen molar-refractivity contribution in [2.45, 2.75) is 32.2 Å². The van der Waals surface area contributed by atoms with Crippen molar-refractivity contribution in [1.29, 1.82) is 0 Å². The van der Waals surface area contributed by atoms with Crippen LogP contribution < -0.4 is 10.6 Å². The molecule has 1 unspecified atom stereocenters. The number of para-hydroxylation sites is 1. The minimum absolute atomic E-state index is 0.0541. The molecule has 22 heavy (non-hydrogen) atoms. The third kappa shape index (κ3) is 2.98. The predicted octanol–water partition coefficient (Wildman–Crippen LogP) is 1.51. The minimum Gasteiger partial charge on any atom is -0.347 e. The number of hydrogen-bond acceptors (Lipinski definition) is 5. The first-order chi connectivity index (χ1) is 10.6. The van der Waals surface area contributed by atoms with E-state index in [1.807, 2.05) is 24.3 Å². The minimum atomic E-state index is -0.271. The maximum absolute atomic E-state index is 11.9. The Hall–Kier alpha value is -2.70. The highest BCUT2D eigenvalue weighted by atomic mass is 16.5. The molecule has 1 aromatic carbocycles. The van der Waals surface area contributed by atoms with Gasteiger partial charge in [-0.05, 0) is 25.0 Å². The van der Waals surface area contributed by atoms with Gasteiger partial charge in [-0.3, -0.25) is 9.59 Å². The molecule has 1 aliphatic heterocycles. The zero-order valence-corrected chi connectivity index (χ0v) is 12.1. The second kappa shape index (κ2) is 5.97. The SMILES string of the molecule is Cc1noc(CNC(=O)CCC2C(=O)Nc3ccccc32)n1. The molecule has 1 aliphatic rings. The molecular formula is C15H16N4O3. The van der Waals surface area contributed by atoms with Crippen molar-refractivity contribution in [3.05, 3.63) is 41.5 Å². The first-order valence-electron chi connectivity index (χ1n) is 7.09. The van der Waals surface area contributed by atoms with Crippen LogP contribution in [0.5, 0.6) is 0 Å². The molecule has 0 radical (unpaired) electrons. The fourth-order valence-electron chi connectivity index (χ4n) is 2.51. The standard InChI is InChI=1S/C15H16N4O3/c1-9-17-14(22-19-9)8-16-13(20)7-6-11-10-4-2-3-5-12(10)18-15(11)21/h2-5,11H,6-8H2,1H3,(H,16,20)(H,18,21). The van der Waals surface area contributed by atoms with Crippen LogP contribution >= 0.6 is 0 Å². The van der Waals surface area contributed by atoms with E-state index in [0.29, 0.717) is 18.1 Å². The van der Waals surface area contributed by atoms with Gasteiger partial charge in [-0.1, -0.05) is 23.4 Å². The number of carbonyl (C=O) groups is 2. The van der Waals surface area contributed by atoms with E-state index in [1.165, 1.54) is 0 Å². The molecule has 0 aliphatic carbocycles. The lowest BCUT2D eigenvalue weighted by molar-refractivity contribution is -0.121. The van der Waals surface area contributed by atoms with Crippen LogP contribution in [0, 0.1) is 6.92 Å². The monoisotopic (exact) mass is 300 g/mol. The Kier molecular flexibility index (Phi) is 3.86. The van der Waals surface area contributed by atoms with Crippen LogP contribution in [0.2, 0.25) is 0 Å². The number of aromatic nitrogens is 2. The van der Waals surface area contributed by atoms with E-state index >= 15 is 0 Å². The summed E-state index contributed by atoms with van der Waals surface area (Å²) >= 11 is 0. The highest BCUT2D eigenvalue weighted by Crippen LogP contribution is 2.34. The van der Waals surface area contributed by atoms with Gasteiger partial charge in [0.15, 0.2) is 5.82 Å². The number of nitrogens with zero attached hydrogens (tertiary/aromatic N) is 2. The van der Waals surface area contributed by atoms with Gasteiger partial charge in [-0.2, -0.15) is 4.98 Å². The van der Waals surface area contributed by atoms with Crippen molar-refractivity contribution < 1.29 is 14.1 Å². The number of aryl methyl sites for hydroxylation is 1. The molecule has 2 amide bonds. The van der Waals surface area contributed by atoms with Crippen LogP contribution in [0.4, 0.5) is 5.69 Å². The van der Waals surface area contributed by atoms with Crippen LogP contribution in [0.15, 0.2) is 28.8 Å². The predicted molar refractivity (Wildman–Crippen MR) is 77.9 cm³/mol. The van der Waals surface area contributed by atoms with Gasteiger partial charge in [0.25, 0.3) is 0 Å². The zero-order valence-electron chi connectivity index (χ0n) is 12.1. The Labute approximate surface area is 127 Å². The van der Waals surface area contributed by atoms with E-state index < -0.39 is 0 Å². The first kappa shape index (κ1) is 14.2. The molecule has 7 nitrogen and oxygen atoms in total. The van der Waals surface area contributed by atoms with Crippen molar-refractivity contribution >= 4 is 17.5 Å². The number of amides is 2. The molecular weight excluding hydrogens is 284 g/mol. The van der Waals surface area contributed by atoms with E-state index in [-0.39, 0.29) is 30.7 Å². The lowest BCUT2D eigenvalue weighted by Gasteiger charge is -2.08. The third-order valence-corrected chi connectivity index (χ3v) is 3.58. The highest BCUT2D eigenvalue weighted by molar-refractivity contribution is 6.03. The van der Waals surface area contributed by atoms with E-state index in [1.54, 1.807) is 6.92 Å². The molecule has 0 bridgehead atoms. The van der Waals surface area contributed by atoms with Crippen molar-refractivity contribution in [3.63, 3.8) is 0 Å². The fraction of sp³-hybridized carbons (Fsp3) is 0.333. The summed E-state index contributed by atoms with van der Waals surface area (Å²) in [6, 6.07) is 7.55. The molecule has 1 atom stereocenters. The van der Waals surface area contributed by atoms with E-state index in [4.69, 9.17) is 4.52 Å². The normalized spacial score (nSPS) is 16.2. The summed E-state index contributed by atoms with van der Waals surface area (Å²) in [7, 11) is 0. The number of hydrogen-bond donors (Lipinski definition) is 2. The van der Waals surface area contributed by atoms with Crippen LogP contribution in [-0.4, -0.2) is 22.0 Å². The summed E-state index contributed by atoms with van der Waals surface area (Å²) in [5.41, 5.74) is 1.78. The summed E-state index contributed by atoms with van der Waals surface area (Å²) in [5.74, 6) is 0.431. The largest absolute Gasteiger partial charge is 0.347 e. The molecule has 2 N–H and O–H groups in total. The lowest BCUT2D eigenvalue weighted by atomic mass is 9.95. The summed E-state index contributed by atoms with van der Waals surface area (Å²) in [6.07, 6.45) is 0.733. The zero-order chi connectivity index (χ0) is 15.5. The molecule has 0 saturated carbocycles. The molecule has 0 fully saturated rings. The molecule has 114 valence electrons. The van der Waals surface area contributed by atoms with Crippen molar-refractivity contribution in [2.75, 3.05) is 5.32 Å². The molecule has 0 spiro atoms. The maximum atomic E-state index is 11.9. The van der Waals surface area contributed by atoms with Gasteiger partial charge in [0, 0.05) is 12.1 Å². The van der Waals surface area contributed by atoms with Gasteiger partial charge in [0.1, 0.15) is 0 Å². The number of benzene rings is 1. The molecule has 7 heteroatoms. The molecule has 3 rings (SSSR count). The average molecular weight is 300 g/mol. The summed E-state index contributed by atoms with van der Waals surface area (Å²) < 4.78 is 4.92. The Morgan fingerprint density at radius 3 is 3.00 bits per heavy atom. The van der Waals surface area contributed by atoms with Gasteiger partial charge in [-0.15, -0.1) is 0 Å². The number of rotatable bonds is 5. The van der Waals surface area contributed by atoms with Crippen molar-refractivity contribution in [2.24, 2.45) is 0 Å². The van der Waals surface area contributed by atoms with Gasteiger partial charge in [-0.25, -0.2) is 0 Å². The number of nitrogens with one attached hydrogen (secondary N) is 2. The maximum Gasteiger partial charge on any atom is 0.246 e. The second-order valence-corrected chi connectivity index (χ2v) is 5.18. The van der Waals surface area contributed by atoms with Gasteiger partial charge < -0.3 is 15.2 Å². The molecule has 2 aromatic rings. The summed E-state index contributed by atoms with van der Waals surface area (Å²) in [4.78, 5) is 27.8.